The lowest BCUT2D eigenvalue weighted by Gasteiger charge is -2.50. The zero-order chi connectivity index (χ0) is 14.8. The van der Waals surface area contributed by atoms with Crippen molar-refractivity contribution in [2.75, 3.05) is 27.7 Å². The van der Waals surface area contributed by atoms with E-state index in [1.165, 1.54) is 24.8 Å². The van der Waals surface area contributed by atoms with Gasteiger partial charge >= 0.3 is 0 Å². The monoisotopic (exact) mass is 275 g/mol. The zero-order valence-electron chi connectivity index (χ0n) is 13.3. The van der Waals surface area contributed by atoms with Crippen LogP contribution >= 0.6 is 0 Å². The van der Waals surface area contributed by atoms with Gasteiger partial charge in [-0.15, -0.1) is 0 Å². The second kappa shape index (κ2) is 6.25. The van der Waals surface area contributed by atoms with E-state index in [9.17, 15) is 0 Å². The standard InChI is InChI=1S/C17H29N3/c1-14(18)16(15-9-6-5-7-10-15)20(4)13-17(19(2)3)11-8-12-17/h5-7,9-10,14,16H,8,11-13,18H2,1-4H3. The van der Waals surface area contributed by atoms with Gasteiger partial charge in [0.25, 0.3) is 0 Å². The molecule has 3 heteroatoms. The molecule has 1 aromatic carbocycles. The second-order valence-corrected chi connectivity index (χ2v) is 6.60. The molecule has 2 unspecified atom stereocenters. The van der Waals surface area contributed by atoms with Gasteiger partial charge in [-0.3, -0.25) is 4.90 Å². The van der Waals surface area contributed by atoms with E-state index in [4.69, 9.17) is 5.73 Å². The van der Waals surface area contributed by atoms with Crippen LogP contribution in [0.5, 0.6) is 0 Å². The van der Waals surface area contributed by atoms with Crippen LogP contribution in [0.2, 0.25) is 0 Å². The van der Waals surface area contributed by atoms with Crippen molar-refractivity contribution in [3.05, 3.63) is 35.9 Å². The van der Waals surface area contributed by atoms with Gasteiger partial charge in [-0.05, 0) is 52.9 Å². The third kappa shape index (κ3) is 3.05. The molecule has 1 aromatic rings. The van der Waals surface area contributed by atoms with Gasteiger partial charge in [0.1, 0.15) is 0 Å². The molecule has 0 aromatic heterocycles. The molecule has 0 radical (unpaired) electrons. The third-order valence-corrected chi connectivity index (χ3v) is 4.89. The highest BCUT2D eigenvalue weighted by molar-refractivity contribution is 5.20. The van der Waals surface area contributed by atoms with Crippen LogP contribution in [0.3, 0.4) is 0 Å². The van der Waals surface area contributed by atoms with E-state index in [0.717, 1.165) is 6.54 Å². The Morgan fingerprint density at radius 1 is 1.15 bits per heavy atom. The quantitative estimate of drug-likeness (QED) is 0.866. The lowest BCUT2D eigenvalue weighted by Crippen LogP contribution is -2.58. The maximum atomic E-state index is 6.27. The maximum Gasteiger partial charge on any atom is 0.0494 e. The minimum absolute atomic E-state index is 0.127. The summed E-state index contributed by atoms with van der Waals surface area (Å²) in [5.41, 5.74) is 7.93. The van der Waals surface area contributed by atoms with Crippen LogP contribution in [0.4, 0.5) is 0 Å². The van der Waals surface area contributed by atoms with Crippen molar-refractivity contribution in [2.24, 2.45) is 5.73 Å². The molecule has 0 heterocycles. The van der Waals surface area contributed by atoms with Gasteiger partial charge in [0.05, 0.1) is 0 Å². The molecule has 2 rings (SSSR count). The Kier molecular flexibility index (Phi) is 4.84. The van der Waals surface area contributed by atoms with Crippen LogP contribution in [-0.4, -0.2) is 49.1 Å². The van der Waals surface area contributed by atoms with E-state index >= 15 is 0 Å². The van der Waals surface area contributed by atoms with Gasteiger partial charge in [-0.25, -0.2) is 0 Å². The molecule has 2 atom stereocenters. The van der Waals surface area contributed by atoms with E-state index in [-0.39, 0.29) is 12.1 Å². The van der Waals surface area contributed by atoms with Crippen molar-refractivity contribution in [2.45, 2.75) is 43.8 Å². The number of rotatable bonds is 6. The fraction of sp³-hybridized carbons (Fsp3) is 0.647. The highest BCUT2D eigenvalue weighted by Crippen LogP contribution is 2.38. The first kappa shape index (κ1) is 15.5. The molecule has 3 nitrogen and oxygen atoms in total. The molecule has 0 saturated heterocycles. The predicted molar refractivity (Wildman–Crippen MR) is 85.7 cm³/mol. The Hall–Kier alpha value is -0.900. The highest BCUT2D eigenvalue weighted by atomic mass is 15.2. The molecular weight excluding hydrogens is 246 g/mol. The van der Waals surface area contributed by atoms with Crippen molar-refractivity contribution in [3.8, 4) is 0 Å². The lowest BCUT2D eigenvalue weighted by molar-refractivity contribution is 0.0131. The molecule has 20 heavy (non-hydrogen) atoms. The van der Waals surface area contributed by atoms with Gasteiger partial charge in [-0.1, -0.05) is 30.3 Å². The Bertz CT molecular complexity index is 410. The SMILES string of the molecule is CC(N)C(c1ccccc1)N(C)CC1(N(C)C)CCC1. The summed E-state index contributed by atoms with van der Waals surface area (Å²) in [7, 11) is 6.62. The Labute approximate surface area is 123 Å². The summed E-state index contributed by atoms with van der Waals surface area (Å²) in [6.07, 6.45) is 3.94. The van der Waals surface area contributed by atoms with Crippen LogP contribution in [-0.2, 0) is 0 Å². The molecule has 1 saturated carbocycles. The fourth-order valence-electron chi connectivity index (χ4n) is 3.50. The number of nitrogens with zero attached hydrogens (tertiary/aromatic N) is 2. The summed E-state index contributed by atoms with van der Waals surface area (Å²) in [5, 5.41) is 0. The zero-order valence-corrected chi connectivity index (χ0v) is 13.3. The van der Waals surface area contributed by atoms with Crippen LogP contribution < -0.4 is 5.73 Å². The van der Waals surface area contributed by atoms with E-state index in [2.05, 4.69) is 68.2 Å². The summed E-state index contributed by atoms with van der Waals surface area (Å²) in [4.78, 5) is 4.84. The van der Waals surface area contributed by atoms with E-state index in [0.29, 0.717) is 5.54 Å². The van der Waals surface area contributed by atoms with Crippen LogP contribution in [0, 0.1) is 0 Å². The number of likely N-dealkylation sites (N-methyl/N-ethyl adjacent to an activating group) is 2. The Morgan fingerprint density at radius 2 is 1.75 bits per heavy atom. The molecule has 1 fully saturated rings. The number of hydrogen-bond acceptors (Lipinski definition) is 3. The molecule has 112 valence electrons. The maximum absolute atomic E-state index is 6.27. The first-order valence-electron chi connectivity index (χ1n) is 7.64. The average Bonchev–Trinajstić information content (AvgIpc) is 2.34. The average molecular weight is 275 g/mol. The topological polar surface area (TPSA) is 32.5 Å². The van der Waals surface area contributed by atoms with Crippen molar-refractivity contribution >= 4 is 0 Å². The Morgan fingerprint density at radius 3 is 2.15 bits per heavy atom. The summed E-state index contributed by atoms with van der Waals surface area (Å²) in [5.74, 6) is 0. The predicted octanol–water partition coefficient (Wildman–Crippen LogP) is 2.49. The first-order valence-corrected chi connectivity index (χ1v) is 7.64. The van der Waals surface area contributed by atoms with Gasteiger partial charge in [0, 0.05) is 24.2 Å². The first-order chi connectivity index (χ1) is 9.46. The molecule has 0 bridgehead atoms. The van der Waals surface area contributed by atoms with Crippen molar-refractivity contribution in [1.82, 2.24) is 9.80 Å². The summed E-state index contributed by atoms with van der Waals surface area (Å²) < 4.78 is 0. The molecule has 0 aliphatic heterocycles. The number of hydrogen-bond donors (Lipinski definition) is 1. The molecule has 1 aliphatic carbocycles. The lowest BCUT2D eigenvalue weighted by atomic mass is 9.75. The number of benzene rings is 1. The van der Waals surface area contributed by atoms with Crippen LogP contribution in [0.1, 0.15) is 37.8 Å². The fourth-order valence-corrected chi connectivity index (χ4v) is 3.50. The third-order valence-electron chi connectivity index (χ3n) is 4.89. The Balaban J connectivity index is 2.14. The largest absolute Gasteiger partial charge is 0.326 e. The second-order valence-electron chi connectivity index (χ2n) is 6.60. The number of nitrogens with two attached hydrogens (primary N) is 1. The highest BCUT2D eigenvalue weighted by Gasteiger charge is 2.41. The molecule has 0 spiro atoms. The van der Waals surface area contributed by atoms with Crippen LogP contribution in [0.25, 0.3) is 0 Å². The van der Waals surface area contributed by atoms with E-state index in [1.807, 2.05) is 0 Å². The normalized spacial score (nSPS) is 20.8. The van der Waals surface area contributed by atoms with E-state index in [1.54, 1.807) is 0 Å². The summed E-state index contributed by atoms with van der Waals surface area (Å²) in [6, 6.07) is 11.1. The summed E-state index contributed by atoms with van der Waals surface area (Å²) >= 11 is 0. The van der Waals surface area contributed by atoms with E-state index < -0.39 is 0 Å². The minimum atomic E-state index is 0.127. The van der Waals surface area contributed by atoms with Gasteiger partial charge in [-0.2, -0.15) is 0 Å². The van der Waals surface area contributed by atoms with Gasteiger partial charge in [0.2, 0.25) is 0 Å². The van der Waals surface area contributed by atoms with Crippen molar-refractivity contribution in [1.29, 1.82) is 0 Å². The van der Waals surface area contributed by atoms with Crippen LogP contribution in [0.15, 0.2) is 30.3 Å². The molecular formula is C17H29N3. The minimum Gasteiger partial charge on any atom is -0.326 e. The van der Waals surface area contributed by atoms with Gasteiger partial charge in [0.15, 0.2) is 0 Å². The smallest absolute Gasteiger partial charge is 0.0494 e. The summed E-state index contributed by atoms with van der Waals surface area (Å²) in [6.45, 7) is 3.19. The van der Waals surface area contributed by atoms with Crippen molar-refractivity contribution in [3.63, 3.8) is 0 Å². The van der Waals surface area contributed by atoms with Gasteiger partial charge < -0.3 is 10.6 Å². The van der Waals surface area contributed by atoms with Crippen molar-refractivity contribution < 1.29 is 0 Å². The molecule has 2 N–H and O–H groups in total. The molecule has 0 amide bonds. The molecule has 1 aliphatic rings.